The van der Waals surface area contributed by atoms with E-state index >= 15 is 0 Å². The number of primary amides is 1. The molecule has 0 saturated carbocycles. The van der Waals surface area contributed by atoms with Crippen molar-refractivity contribution < 1.29 is 24.2 Å². The van der Waals surface area contributed by atoms with Crippen LogP contribution in [0.25, 0.3) is 0 Å². The SMILES string of the molecule is CC.CC(=O)C(C)c1ccc(CC(C)C)cc1.NC(=O)c1ccccc1OC(=O)c1ccccc1O. The van der Waals surface area contributed by atoms with Crippen LogP contribution in [0.5, 0.6) is 11.5 Å². The van der Waals surface area contributed by atoms with Gasteiger partial charge in [0.25, 0.3) is 5.91 Å². The number of para-hydroxylation sites is 2. The van der Waals surface area contributed by atoms with E-state index in [9.17, 15) is 19.5 Å². The van der Waals surface area contributed by atoms with E-state index < -0.39 is 11.9 Å². The highest BCUT2D eigenvalue weighted by Gasteiger charge is 2.16. The molecule has 36 heavy (non-hydrogen) atoms. The van der Waals surface area contributed by atoms with Crippen LogP contribution in [-0.4, -0.2) is 22.8 Å². The van der Waals surface area contributed by atoms with Crippen LogP contribution in [0.15, 0.2) is 72.8 Å². The third-order valence-electron chi connectivity index (χ3n) is 5.21. The lowest BCUT2D eigenvalue weighted by atomic mass is 9.95. The summed E-state index contributed by atoms with van der Waals surface area (Å²) in [5.74, 6) is -0.648. The first kappa shape index (κ1) is 30.1. The number of amides is 1. The summed E-state index contributed by atoms with van der Waals surface area (Å²) in [5.41, 5.74) is 7.77. The largest absolute Gasteiger partial charge is 0.507 e. The standard InChI is InChI=1S/C14H11NO4.C14H20O.C2H6/c15-13(17)10-6-2-4-8-12(10)19-14(18)9-5-1-3-7-11(9)16;1-10(2)9-13-5-7-14(8-6-13)11(3)12(4)15;1-2/h1-8,16H,(H2,15,17);5-8,10-11H,9H2,1-4H3;1-2H3. The first-order valence-electron chi connectivity index (χ1n) is 12.1. The lowest BCUT2D eigenvalue weighted by molar-refractivity contribution is -0.118. The number of ether oxygens (including phenoxy) is 1. The number of aromatic hydroxyl groups is 1. The van der Waals surface area contributed by atoms with Gasteiger partial charge in [-0.25, -0.2) is 4.79 Å². The van der Waals surface area contributed by atoms with Gasteiger partial charge in [-0.2, -0.15) is 0 Å². The van der Waals surface area contributed by atoms with Crippen LogP contribution in [0.1, 0.15) is 79.3 Å². The van der Waals surface area contributed by atoms with Gasteiger partial charge in [-0.1, -0.05) is 83.1 Å². The van der Waals surface area contributed by atoms with Gasteiger partial charge in [0.05, 0.1) is 5.56 Å². The fraction of sp³-hybridized carbons (Fsp3) is 0.300. The Bertz CT molecular complexity index is 1140. The monoisotopic (exact) mass is 491 g/mol. The number of hydrogen-bond donors (Lipinski definition) is 2. The number of Topliss-reactive ketones (excluding diaryl/α,β-unsaturated/α-hetero) is 1. The Morgan fingerprint density at radius 2 is 1.36 bits per heavy atom. The molecule has 0 spiro atoms. The van der Waals surface area contributed by atoms with E-state index in [2.05, 4.69) is 38.1 Å². The van der Waals surface area contributed by atoms with Gasteiger partial charge in [-0.05, 0) is 54.7 Å². The van der Waals surface area contributed by atoms with Crippen LogP contribution in [0.4, 0.5) is 0 Å². The summed E-state index contributed by atoms with van der Waals surface area (Å²) >= 11 is 0. The third kappa shape index (κ3) is 9.37. The molecule has 0 aliphatic rings. The number of ketones is 1. The number of nitrogens with two attached hydrogens (primary N) is 1. The fourth-order valence-corrected chi connectivity index (χ4v) is 3.21. The second-order valence-corrected chi connectivity index (χ2v) is 8.44. The minimum absolute atomic E-state index is 0.0155. The molecule has 1 atom stereocenters. The highest BCUT2D eigenvalue weighted by Crippen LogP contribution is 2.22. The topological polar surface area (TPSA) is 107 Å². The van der Waals surface area contributed by atoms with Gasteiger partial charge in [0.1, 0.15) is 22.8 Å². The summed E-state index contributed by atoms with van der Waals surface area (Å²) in [5, 5.41) is 9.54. The predicted octanol–water partition coefficient (Wildman–Crippen LogP) is 6.31. The van der Waals surface area contributed by atoms with Crippen molar-refractivity contribution >= 4 is 17.7 Å². The maximum absolute atomic E-state index is 11.9. The molecule has 6 nitrogen and oxygen atoms in total. The van der Waals surface area contributed by atoms with Crippen LogP contribution in [-0.2, 0) is 11.2 Å². The number of phenols is 1. The van der Waals surface area contributed by atoms with Gasteiger partial charge in [-0.15, -0.1) is 0 Å². The second kappa shape index (κ2) is 15.1. The molecule has 3 N–H and O–H groups in total. The quantitative estimate of drug-likeness (QED) is 0.297. The third-order valence-corrected chi connectivity index (χ3v) is 5.21. The average Bonchev–Trinajstić information content (AvgIpc) is 2.85. The zero-order chi connectivity index (χ0) is 27.3. The second-order valence-electron chi connectivity index (χ2n) is 8.44. The number of hydrogen-bond acceptors (Lipinski definition) is 5. The molecular formula is C30H37NO5. The van der Waals surface area contributed by atoms with Crippen LogP contribution in [0.3, 0.4) is 0 Å². The molecule has 0 bridgehead atoms. The Labute approximate surface area is 214 Å². The molecule has 0 radical (unpaired) electrons. The van der Waals surface area contributed by atoms with Gasteiger partial charge >= 0.3 is 5.97 Å². The van der Waals surface area contributed by atoms with E-state index in [-0.39, 0.29) is 34.3 Å². The molecule has 1 unspecified atom stereocenters. The lowest BCUT2D eigenvalue weighted by Crippen LogP contribution is -2.15. The normalized spacial score (nSPS) is 10.8. The first-order chi connectivity index (χ1) is 17.1. The van der Waals surface area contributed by atoms with E-state index in [1.807, 2.05) is 20.8 Å². The van der Waals surface area contributed by atoms with Crippen LogP contribution in [0, 0.1) is 5.92 Å². The highest BCUT2D eigenvalue weighted by molar-refractivity contribution is 5.98. The van der Waals surface area contributed by atoms with E-state index in [1.165, 1.54) is 29.8 Å². The highest BCUT2D eigenvalue weighted by atomic mass is 16.5. The molecule has 0 heterocycles. The zero-order valence-corrected chi connectivity index (χ0v) is 21.9. The van der Waals surface area contributed by atoms with Gasteiger partial charge in [0, 0.05) is 5.92 Å². The summed E-state index contributed by atoms with van der Waals surface area (Å²) < 4.78 is 5.07. The first-order valence-corrected chi connectivity index (χ1v) is 12.1. The van der Waals surface area contributed by atoms with E-state index in [1.54, 1.807) is 31.2 Å². The van der Waals surface area contributed by atoms with Gasteiger partial charge < -0.3 is 15.6 Å². The number of carbonyl (C=O) groups is 3. The summed E-state index contributed by atoms with van der Waals surface area (Å²) in [6.45, 7) is 12.0. The van der Waals surface area contributed by atoms with E-state index in [0.717, 1.165) is 12.0 Å². The lowest BCUT2D eigenvalue weighted by Gasteiger charge is -2.10. The number of carbonyl (C=O) groups excluding carboxylic acids is 3. The van der Waals surface area contributed by atoms with Crippen molar-refractivity contribution in [2.75, 3.05) is 0 Å². The Morgan fingerprint density at radius 3 is 1.86 bits per heavy atom. The summed E-state index contributed by atoms with van der Waals surface area (Å²) in [7, 11) is 0. The Morgan fingerprint density at radius 1 is 0.833 bits per heavy atom. The molecule has 0 aliphatic heterocycles. The number of benzene rings is 3. The van der Waals surface area contributed by atoms with Gasteiger partial charge in [-0.3, -0.25) is 9.59 Å². The minimum atomic E-state index is -0.758. The molecule has 0 fully saturated rings. The Hall–Kier alpha value is -3.93. The molecule has 0 saturated heterocycles. The molecule has 3 rings (SSSR count). The maximum atomic E-state index is 11.9. The molecule has 3 aromatic carbocycles. The molecule has 6 heteroatoms. The fourth-order valence-electron chi connectivity index (χ4n) is 3.21. The molecule has 3 aromatic rings. The molecule has 1 amide bonds. The number of esters is 1. The Balaban J connectivity index is 0.000000346. The molecule has 0 aromatic heterocycles. The summed E-state index contributed by atoms with van der Waals surface area (Å²) in [6.07, 6.45) is 1.11. The van der Waals surface area contributed by atoms with E-state index in [4.69, 9.17) is 10.5 Å². The number of phenolic OH excluding ortho intramolecular Hbond substituents is 1. The minimum Gasteiger partial charge on any atom is -0.507 e. The van der Waals surface area contributed by atoms with Crippen molar-refractivity contribution in [1.29, 1.82) is 0 Å². The van der Waals surface area contributed by atoms with Crippen LogP contribution in [0.2, 0.25) is 0 Å². The zero-order valence-electron chi connectivity index (χ0n) is 21.9. The van der Waals surface area contributed by atoms with Crippen molar-refractivity contribution in [2.45, 2.75) is 53.9 Å². The van der Waals surface area contributed by atoms with Gasteiger partial charge in [0.15, 0.2) is 0 Å². The molecule has 192 valence electrons. The molecule has 0 aliphatic carbocycles. The van der Waals surface area contributed by atoms with Crippen LogP contribution >= 0.6 is 0 Å². The summed E-state index contributed by atoms with van der Waals surface area (Å²) in [4.78, 5) is 34.3. The Kier molecular flexibility index (Phi) is 12.7. The van der Waals surface area contributed by atoms with Crippen molar-refractivity contribution in [3.63, 3.8) is 0 Å². The van der Waals surface area contributed by atoms with Crippen LogP contribution < -0.4 is 10.5 Å². The smallest absolute Gasteiger partial charge is 0.347 e. The predicted molar refractivity (Wildman–Crippen MR) is 143 cm³/mol. The van der Waals surface area contributed by atoms with Crippen molar-refractivity contribution in [1.82, 2.24) is 0 Å². The van der Waals surface area contributed by atoms with E-state index in [0.29, 0.717) is 5.92 Å². The van der Waals surface area contributed by atoms with Crippen molar-refractivity contribution in [3.05, 3.63) is 95.1 Å². The van der Waals surface area contributed by atoms with Crippen molar-refractivity contribution in [2.24, 2.45) is 11.7 Å². The molecular weight excluding hydrogens is 454 g/mol. The average molecular weight is 492 g/mol. The number of rotatable bonds is 7. The summed E-state index contributed by atoms with van der Waals surface area (Å²) in [6, 6.07) is 20.5. The maximum Gasteiger partial charge on any atom is 0.347 e. The van der Waals surface area contributed by atoms with Crippen molar-refractivity contribution in [3.8, 4) is 11.5 Å². The van der Waals surface area contributed by atoms with Gasteiger partial charge in [0.2, 0.25) is 0 Å².